The van der Waals surface area contributed by atoms with Crippen LogP contribution in [-0.4, -0.2) is 41.6 Å². The fourth-order valence-corrected chi connectivity index (χ4v) is 3.90. The van der Waals surface area contributed by atoms with Crippen LogP contribution in [0.1, 0.15) is 22.3 Å². The molecule has 2 aliphatic rings. The molecule has 0 aromatic heterocycles. The van der Waals surface area contributed by atoms with Gasteiger partial charge in [0.2, 0.25) is 0 Å². The Hall–Kier alpha value is -2.17. The molecule has 3 atom stereocenters. The molecule has 1 heterocycles. The molecule has 25 heavy (non-hydrogen) atoms. The van der Waals surface area contributed by atoms with Crippen LogP contribution in [0, 0.1) is 11.8 Å². The molecular weight excluding hydrogens is 314 g/mol. The maximum atomic E-state index is 12.1. The lowest BCUT2D eigenvalue weighted by atomic mass is 9.74. The molecule has 0 unspecified atom stereocenters. The summed E-state index contributed by atoms with van der Waals surface area (Å²) in [5, 5.41) is 9.75. The topological polar surface area (TPSA) is 49.8 Å². The van der Waals surface area contributed by atoms with Crippen LogP contribution in [0.25, 0.3) is 0 Å². The van der Waals surface area contributed by atoms with Gasteiger partial charge in [-0.15, -0.1) is 0 Å². The van der Waals surface area contributed by atoms with E-state index in [2.05, 4.69) is 17.0 Å². The number of benzene rings is 2. The summed E-state index contributed by atoms with van der Waals surface area (Å²) in [5.74, 6) is 1.86. The van der Waals surface area contributed by atoms with Gasteiger partial charge < -0.3 is 9.84 Å². The summed E-state index contributed by atoms with van der Waals surface area (Å²) in [5.41, 5.74) is 1.91. The quantitative estimate of drug-likeness (QED) is 0.824. The summed E-state index contributed by atoms with van der Waals surface area (Å²) >= 11 is 0. The number of hydrogen-bond donors (Lipinski definition) is 1. The number of ketones is 1. The van der Waals surface area contributed by atoms with Gasteiger partial charge in [0, 0.05) is 31.1 Å². The molecule has 4 rings (SSSR count). The number of carbonyl (C=O) groups is 1. The minimum absolute atomic E-state index is 0.0178. The highest BCUT2D eigenvalue weighted by atomic mass is 16.5. The summed E-state index contributed by atoms with van der Waals surface area (Å²) in [4.78, 5) is 14.5. The SMILES string of the molecule is O=C(COc1ccc(CN2C[C@H]3C[C@@H](O)[C@H]3C2)cc1)c1ccccc1. The second-order valence-corrected chi connectivity index (χ2v) is 7.14. The van der Waals surface area contributed by atoms with Gasteiger partial charge in [-0.25, -0.2) is 0 Å². The Morgan fingerprint density at radius 1 is 1.08 bits per heavy atom. The van der Waals surface area contributed by atoms with E-state index in [9.17, 15) is 9.90 Å². The Kier molecular flexibility index (Phi) is 4.55. The van der Waals surface area contributed by atoms with Crippen molar-refractivity contribution in [1.29, 1.82) is 0 Å². The molecule has 2 aromatic rings. The molecule has 4 heteroatoms. The smallest absolute Gasteiger partial charge is 0.200 e. The first-order valence-electron chi connectivity index (χ1n) is 8.89. The molecule has 0 radical (unpaired) electrons. The highest BCUT2D eigenvalue weighted by Gasteiger charge is 2.45. The second kappa shape index (κ2) is 6.98. The standard InChI is InChI=1S/C21H23NO3/c23-20-10-17-12-22(13-19(17)20)11-15-6-8-18(9-7-15)25-14-21(24)16-4-2-1-3-5-16/h1-9,17,19-20,23H,10-14H2/t17-,19+,20-/m1/s1. The molecule has 0 spiro atoms. The molecule has 1 aliphatic carbocycles. The molecule has 2 fully saturated rings. The number of Topliss-reactive ketones (excluding diaryl/α,β-unsaturated/α-hetero) is 1. The largest absolute Gasteiger partial charge is 0.485 e. The third-order valence-electron chi connectivity index (χ3n) is 5.40. The number of aliphatic hydroxyl groups is 1. The number of carbonyl (C=O) groups excluding carboxylic acids is 1. The van der Waals surface area contributed by atoms with Crippen LogP contribution in [0.3, 0.4) is 0 Å². The maximum absolute atomic E-state index is 12.1. The molecular formula is C21H23NO3. The van der Waals surface area contributed by atoms with E-state index in [0.717, 1.165) is 26.1 Å². The highest BCUT2D eigenvalue weighted by molar-refractivity contribution is 5.97. The van der Waals surface area contributed by atoms with Crippen molar-refractivity contribution in [2.24, 2.45) is 11.8 Å². The zero-order chi connectivity index (χ0) is 17.2. The van der Waals surface area contributed by atoms with Crippen molar-refractivity contribution in [3.63, 3.8) is 0 Å². The number of fused-ring (bicyclic) bond motifs is 1. The number of hydrogen-bond acceptors (Lipinski definition) is 4. The zero-order valence-corrected chi connectivity index (χ0v) is 14.2. The fraction of sp³-hybridized carbons (Fsp3) is 0.381. The van der Waals surface area contributed by atoms with Crippen molar-refractivity contribution < 1.29 is 14.6 Å². The van der Waals surface area contributed by atoms with E-state index in [1.54, 1.807) is 12.1 Å². The minimum Gasteiger partial charge on any atom is -0.485 e. The van der Waals surface area contributed by atoms with Crippen molar-refractivity contribution in [3.8, 4) is 5.75 Å². The van der Waals surface area contributed by atoms with Gasteiger partial charge in [0.15, 0.2) is 12.4 Å². The molecule has 4 nitrogen and oxygen atoms in total. The lowest BCUT2D eigenvalue weighted by molar-refractivity contribution is -0.00435. The minimum atomic E-state index is -0.0899. The average Bonchev–Trinajstić information content (AvgIpc) is 2.97. The van der Waals surface area contributed by atoms with Gasteiger partial charge in [0.05, 0.1) is 6.10 Å². The summed E-state index contributed by atoms with van der Waals surface area (Å²) in [6, 6.07) is 17.2. The number of rotatable bonds is 6. The van der Waals surface area contributed by atoms with Crippen LogP contribution in [0.5, 0.6) is 5.75 Å². The van der Waals surface area contributed by atoms with E-state index >= 15 is 0 Å². The summed E-state index contributed by atoms with van der Waals surface area (Å²) in [6.07, 6.45) is 0.872. The van der Waals surface area contributed by atoms with Gasteiger partial charge in [-0.1, -0.05) is 42.5 Å². The molecule has 0 amide bonds. The first-order valence-corrected chi connectivity index (χ1v) is 8.89. The molecule has 1 N–H and O–H groups in total. The van der Waals surface area contributed by atoms with Crippen LogP contribution in [0.2, 0.25) is 0 Å². The average molecular weight is 337 g/mol. The summed E-state index contributed by atoms with van der Waals surface area (Å²) < 4.78 is 5.61. The normalized spacial score (nSPS) is 25.2. The van der Waals surface area contributed by atoms with Crippen molar-refractivity contribution in [2.75, 3.05) is 19.7 Å². The third-order valence-corrected chi connectivity index (χ3v) is 5.40. The lowest BCUT2D eigenvalue weighted by Crippen LogP contribution is -2.39. The Morgan fingerprint density at radius 3 is 2.52 bits per heavy atom. The number of aliphatic hydroxyl groups excluding tert-OH is 1. The van der Waals surface area contributed by atoms with E-state index in [-0.39, 0.29) is 18.5 Å². The van der Waals surface area contributed by atoms with E-state index < -0.39 is 0 Å². The van der Waals surface area contributed by atoms with E-state index in [1.807, 2.05) is 30.3 Å². The van der Waals surface area contributed by atoms with Crippen LogP contribution < -0.4 is 4.74 Å². The third kappa shape index (κ3) is 3.60. The van der Waals surface area contributed by atoms with Crippen molar-refractivity contribution in [1.82, 2.24) is 4.90 Å². The Labute approximate surface area is 148 Å². The Bertz CT molecular complexity index is 729. The molecule has 1 saturated carbocycles. The molecule has 130 valence electrons. The highest BCUT2D eigenvalue weighted by Crippen LogP contribution is 2.41. The number of likely N-dealkylation sites (tertiary alicyclic amines) is 1. The lowest BCUT2D eigenvalue weighted by Gasteiger charge is -2.35. The monoisotopic (exact) mass is 337 g/mol. The van der Waals surface area contributed by atoms with Crippen LogP contribution >= 0.6 is 0 Å². The van der Waals surface area contributed by atoms with E-state index in [1.165, 1.54) is 5.56 Å². The van der Waals surface area contributed by atoms with Gasteiger partial charge in [0.1, 0.15) is 5.75 Å². The molecule has 1 aliphatic heterocycles. The second-order valence-electron chi connectivity index (χ2n) is 7.14. The van der Waals surface area contributed by atoms with Crippen molar-refractivity contribution in [2.45, 2.75) is 19.1 Å². The van der Waals surface area contributed by atoms with E-state index in [0.29, 0.717) is 23.1 Å². The van der Waals surface area contributed by atoms with Gasteiger partial charge >= 0.3 is 0 Å². The molecule has 0 bridgehead atoms. The fourth-order valence-electron chi connectivity index (χ4n) is 3.90. The Balaban J connectivity index is 1.28. The number of nitrogens with zero attached hydrogens (tertiary/aromatic N) is 1. The Morgan fingerprint density at radius 2 is 1.84 bits per heavy atom. The summed E-state index contributed by atoms with van der Waals surface area (Å²) in [6.45, 7) is 3.04. The predicted octanol–water partition coefficient (Wildman–Crippen LogP) is 2.76. The van der Waals surface area contributed by atoms with Crippen molar-refractivity contribution in [3.05, 3.63) is 65.7 Å². The zero-order valence-electron chi connectivity index (χ0n) is 14.2. The number of ether oxygens (including phenoxy) is 1. The van der Waals surface area contributed by atoms with Crippen LogP contribution in [0.15, 0.2) is 54.6 Å². The van der Waals surface area contributed by atoms with Gasteiger partial charge in [-0.2, -0.15) is 0 Å². The summed E-state index contributed by atoms with van der Waals surface area (Å²) in [7, 11) is 0. The van der Waals surface area contributed by atoms with Gasteiger partial charge in [-0.05, 0) is 30.0 Å². The van der Waals surface area contributed by atoms with Crippen molar-refractivity contribution >= 4 is 5.78 Å². The first kappa shape index (κ1) is 16.3. The predicted molar refractivity (Wildman–Crippen MR) is 95.6 cm³/mol. The molecule has 2 aromatic carbocycles. The maximum Gasteiger partial charge on any atom is 0.200 e. The molecule has 1 saturated heterocycles. The first-order chi connectivity index (χ1) is 12.2. The van der Waals surface area contributed by atoms with Crippen LogP contribution in [-0.2, 0) is 6.54 Å². The van der Waals surface area contributed by atoms with Gasteiger partial charge in [-0.3, -0.25) is 9.69 Å². The van der Waals surface area contributed by atoms with Gasteiger partial charge in [0.25, 0.3) is 0 Å². The van der Waals surface area contributed by atoms with E-state index in [4.69, 9.17) is 4.74 Å². The van der Waals surface area contributed by atoms with Crippen LogP contribution in [0.4, 0.5) is 0 Å².